The molecule has 0 saturated carbocycles. The van der Waals surface area contributed by atoms with Crippen LogP contribution in [0, 0.1) is 5.92 Å². The van der Waals surface area contributed by atoms with Gasteiger partial charge in [0.25, 0.3) is 0 Å². The van der Waals surface area contributed by atoms with Crippen molar-refractivity contribution in [3.8, 4) is 5.75 Å². The van der Waals surface area contributed by atoms with Gasteiger partial charge in [0.1, 0.15) is 29.7 Å². The third kappa shape index (κ3) is 6.63. The largest absolute Gasteiger partial charge is 0.467 e. The Morgan fingerprint density at radius 2 is 1.94 bits per heavy atom. The Labute approximate surface area is 212 Å². The molecule has 1 aromatic carbocycles. The van der Waals surface area contributed by atoms with Crippen LogP contribution in [0.1, 0.15) is 50.0 Å². The number of esters is 1. The molecular weight excluding hydrogens is 465 g/mol. The van der Waals surface area contributed by atoms with Gasteiger partial charge in [0, 0.05) is 24.8 Å². The minimum Gasteiger partial charge on any atom is -0.467 e. The third-order valence-corrected chi connectivity index (χ3v) is 6.17. The molecule has 0 radical (unpaired) electrons. The molecule has 9 nitrogen and oxygen atoms in total. The number of carbonyl (C=O) groups excluding carboxylic acids is 3. The van der Waals surface area contributed by atoms with Crippen LogP contribution in [0.25, 0.3) is 6.08 Å². The first kappa shape index (κ1) is 27.6. The van der Waals surface area contributed by atoms with Crippen LogP contribution in [0.15, 0.2) is 30.4 Å². The molecule has 2 heterocycles. The number of ether oxygens (including phenoxy) is 5. The van der Waals surface area contributed by atoms with Gasteiger partial charge in [-0.3, -0.25) is 4.79 Å². The lowest BCUT2D eigenvalue weighted by molar-refractivity contribution is -0.152. The van der Waals surface area contributed by atoms with E-state index in [1.165, 1.54) is 13.2 Å². The summed E-state index contributed by atoms with van der Waals surface area (Å²) in [6, 6.07) is 3.47. The fraction of sp³-hybridized carbons (Fsp3) is 0.500. The average Bonchev–Trinajstić information content (AvgIpc) is 3.14. The zero-order valence-electron chi connectivity index (χ0n) is 21.7. The van der Waals surface area contributed by atoms with Crippen LogP contribution in [0.2, 0.25) is 0 Å². The average molecular weight is 499 g/mol. The van der Waals surface area contributed by atoms with E-state index in [4.69, 9.17) is 23.7 Å². The lowest BCUT2D eigenvalue weighted by Crippen LogP contribution is -2.30. The molecule has 1 unspecified atom stereocenters. The summed E-state index contributed by atoms with van der Waals surface area (Å²) in [7, 11) is 3.40. The van der Waals surface area contributed by atoms with Gasteiger partial charge in [-0.1, -0.05) is 25.2 Å². The first-order valence-corrected chi connectivity index (χ1v) is 12.0. The van der Waals surface area contributed by atoms with E-state index in [1.54, 1.807) is 56.9 Å². The number of rotatable bonds is 6. The number of anilines is 1. The van der Waals surface area contributed by atoms with Gasteiger partial charge >= 0.3 is 13.4 Å². The van der Waals surface area contributed by atoms with Gasteiger partial charge in [0.05, 0.1) is 6.10 Å². The van der Waals surface area contributed by atoms with Gasteiger partial charge in [0.2, 0.25) is 0 Å². The van der Waals surface area contributed by atoms with Gasteiger partial charge in [0.15, 0.2) is 18.4 Å². The molecule has 0 bridgehead atoms. The van der Waals surface area contributed by atoms with E-state index in [1.807, 2.05) is 13.0 Å². The van der Waals surface area contributed by atoms with Crippen LogP contribution in [0.4, 0.5) is 5.69 Å². The molecule has 0 aliphatic carbocycles. The predicted molar refractivity (Wildman–Crippen MR) is 137 cm³/mol. The molecule has 1 saturated heterocycles. The summed E-state index contributed by atoms with van der Waals surface area (Å²) < 4.78 is 28.5. The highest BCUT2D eigenvalue weighted by molar-refractivity contribution is 6.70. The van der Waals surface area contributed by atoms with Crippen molar-refractivity contribution in [2.24, 2.45) is 5.92 Å². The maximum atomic E-state index is 13.4. The predicted octanol–water partition coefficient (Wildman–Crippen LogP) is 2.89. The monoisotopic (exact) mass is 499 g/mol. The Bertz CT molecular complexity index is 1040. The van der Waals surface area contributed by atoms with E-state index < -0.39 is 30.1 Å². The zero-order valence-corrected chi connectivity index (χ0v) is 21.7. The minimum absolute atomic E-state index is 0.0783. The summed E-state index contributed by atoms with van der Waals surface area (Å²) in [6.45, 7) is 7.10. The number of cyclic esters (lactones) is 1. The van der Waals surface area contributed by atoms with Gasteiger partial charge in [-0.15, -0.1) is 0 Å². The Kier molecular flexibility index (Phi) is 9.11. The first-order chi connectivity index (χ1) is 17.1. The molecule has 0 aromatic heterocycles. The van der Waals surface area contributed by atoms with E-state index in [0.717, 1.165) is 6.19 Å². The molecule has 3 rings (SSSR count). The number of methoxy groups -OCH3 is 1. The summed E-state index contributed by atoms with van der Waals surface area (Å²) in [5, 5.41) is 0. The van der Waals surface area contributed by atoms with Gasteiger partial charge in [-0.05, 0) is 51.9 Å². The van der Waals surface area contributed by atoms with Crippen molar-refractivity contribution in [3.05, 3.63) is 41.5 Å². The number of nitrogens with zero attached hydrogens (tertiary/aromatic N) is 1. The van der Waals surface area contributed by atoms with Crippen LogP contribution in [-0.4, -0.2) is 70.4 Å². The molecule has 4 atom stereocenters. The Morgan fingerprint density at radius 3 is 2.64 bits per heavy atom. The zero-order chi connectivity index (χ0) is 26.5. The molecule has 1 aromatic rings. The minimum atomic E-state index is -0.900. The van der Waals surface area contributed by atoms with Crippen molar-refractivity contribution in [3.63, 3.8) is 0 Å². The van der Waals surface area contributed by atoms with Crippen LogP contribution in [0.3, 0.4) is 0 Å². The SMILES string of the molecule is COCOc1cc(N(C)BC=O)cc2c1C(=O)O[C@@H](C)[C@H](C)/C=C\C(=O)C1OC(C)(C)O[C@H]1C/C=C/2. The lowest BCUT2D eigenvalue weighted by Gasteiger charge is -2.23. The maximum Gasteiger partial charge on any atom is 0.342 e. The highest BCUT2D eigenvalue weighted by atomic mass is 16.8. The van der Waals surface area contributed by atoms with Crippen molar-refractivity contribution in [1.82, 2.24) is 0 Å². The van der Waals surface area contributed by atoms with Crippen LogP contribution in [-0.2, 0) is 28.5 Å². The van der Waals surface area contributed by atoms with Crippen molar-refractivity contribution in [2.75, 3.05) is 25.8 Å². The number of benzene rings is 1. The first-order valence-electron chi connectivity index (χ1n) is 12.0. The molecule has 1 fully saturated rings. The highest BCUT2D eigenvalue weighted by Gasteiger charge is 2.43. The molecule has 194 valence electrons. The second-order valence-corrected chi connectivity index (χ2v) is 9.47. The smallest absolute Gasteiger partial charge is 0.342 e. The van der Waals surface area contributed by atoms with E-state index in [-0.39, 0.29) is 37.2 Å². The van der Waals surface area contributed by atoms with E-state index in [2.05, 4.69) is 0 Å². The van der Waals surface area contributed by atoms with Crippen LogP contribution < -0.4 is 9.55 Å². The summed E-state index contributed by atoms with van der Waals surface area (Å²) in [5.74, 6) is -1.64. The number of carbonyl (C=O) groups is 3. The highest BCUT2D eigenvalue weighted by Crippen LogP contribution is 2.34. The number of hydrogen-bond donors (Lipinski definition) is 0. The third-order valence-electron chi connectivity index (χ3n) is 6.17. The van der Waals surface area contributed by atoms with Crippen molar-refractivity contribution >= 4 is 37.1 Å². The molecule has 36 heavy (non-hydrogen) atoms. The molecule has 0 amide bonds. The molecular formula is C26H34BNO8. The Hall–Kier alpha value is -2.95. The van der Waals surface area contributed by atoms with Crippen molar-refractivity contribution < 1.29 is 38.1 Å². The number of ketones is 1. The lowest BCUT2D eigenvalue weighted by atomic mass is 9.93. The van der Waals surface area contributed by atoms with Gasteiger partial charge in [-0.25, -0.2) is 4.79 Å². The Balaban J connectivity index is 2.11. The fourth-order valence-corrected chi connectivity index (χ4v) is 4.06. The van der Waals surface area contributed by atoms with E-state index in [0.29, 0.717) is 17.7 Å². The number of hydrogen-bond acceptors (Lipinski definition) is 9. The van der Waals surface area contributed by atoms with Crippen molar-refractivity contribution in [2.45, 2.75) is 58.2 Å². The normalized spacial score (nSPS) is 27.6. The fourth-order valence-electron chi connectivity index (χ4n) is 4.06. The van der Waals surface area contributed by atoms with Gasteiger partial charge in [-0.2, -0.15) is 0 Å². The molecule has 0 spiro atoms. The van der Waals surface area contributed by atoms with Gasteiger partial charge < -0.3 is 33.3 Å². The topological polar surface area (TPSA) is 101 Å². The van der Waals surface area contributed by atoms with Crippen molar-refractivity contribution in [1.29, 1.82) is 0 Å². The van der Waals surface area contributed by atoms with E-state index in [9.17, 15) is 14.4 Å². The van der Waals surface area contributed by atoms with E-state index >= 15 is 0 Å². The summed E-state index contributed by atoms with van der Waals surface area (Å²) in [6.07, 6.45) is 6.17. The molecule has 0 N–H and O–H groups in total. The molecule has 2 aliphatic rings. The summed E-state index contributed by atoms with van der Waals surface area (Å²) >= 11 is 0. The quantitative estimate of drug-likeness (QED) is 0.253. The van der Waals surface area contributed by atoms with Crippen LogP contribution in [0.5, 0.6) is 5.75 Å². The summed E-state index contributed by atoms with van der Waals surface area (Å²) in [5.41, 5.74) is 1.45. The molecule has 2 aliphatic heterocycles. The second-order valence-electron chi connectivity index (χ2n) is 9.47. The molecule has 10 heteroatoms. The maximum absolute atomic E-state index is 13.4. The summed E-state index contributed by atoms with van der Waals surface area (Å²) in [4.78, 5) is 39.1. The second kappa shape index (κ2) is 11.9. The van der Waals surface area contributed by atoms with Crippen LogP contribution >= 0.6 is 0 Å². The standard InChI is InChI=1S/C26H34BNO8/c1-16-10-11-20(30)24-21(35-26(3,4)36-24)9-7-8-18-12-19(28(5)27-14-29)13-22(33-15-32-6)23(18)25(31)34-17(16)2/h7-8,10-14,16-17,21,24,27H,9,15H2,1-6H3/b8-7+,11-10-/t16-,17+,21+,24?/m1/s1. The number of fused-ring (bicyclic) bond motifs is 2. The Morgan fingerprint density at radius 1 is 1.19 bits per heavy atom.